The number of halogens is 3. The van der Waals surface area contributed by atoms with E-state index in [-0.39, 0.29) is 18.7 Å². The predicted octanol–water partition coefficient (Wildman–Crippen LogP) is 4.15. The van der Waals surface area contributed by atoms with Crippen LogP contribution in [-0.2, 0) is 25.2 Å². The molecule has 0 saturated heterocycles. The number of nitrogens with zero attached hydrogens (tertiary/aromatic N) is 7. The largest absolute Gasteiger partial charge is 0.382 e. The molecule has 4 aromatic rings. The highest BCUT2D eigenvalue weighted by Gasteiger charge is 2.35. The van der Waals surface area contributed by atoms with Gasteiger partial charge in [0.05, 0.1) is 25.0 Å². The van der Waals surface area contributed by atoms with E-state index in [1.807, 2.05) is 35.4 Å². The van der Waals surface area contributed by atoms with Crippen molar-refractivity contribution in [2.24, 2.45) is 0 Å². The molecule has 1 unspecified atom stereocenters. The van der Waals surface area contributed by atoms with Crippen LogP contribution in [0.15, 0.2) is 65.8 Å². The van der Waals surface area contributed by atoms with Crippen LogP contribution >= 0.6 is 15.9 Å². The fourth-order valence-corrected chi connectivity index (χ4v) is 4.56. The van der Waals surface area contributed by atoms with Crippen molar-refractivity contribution in [3.8, 4) is 0 Å². The summed E-state index contributed by atoms with van der Waals surface area (Å²) in [6, 6.07) is 11.1. The molecule has 11 heteroatoms. The molecular weight excluding hydrogens is 532 g/mol. The Labute approximate surface area is 216 Å². The van der Waals surface area contributed by atoms with Gasteiger partial charge in [-0.15, -0.1) is 5.10 Å². The molecular formula is C25H28BrF2N7O. The molecule has 1 N–H and O–H groups in total. The van der Waals surface area contributed by atoms with Crippen LogP contribution in [-0.4, -0.2) is 52.9 Å². The number of hydrogen-bond acceptors (Lipinski definition) is 6. The molecule has 2 aromatic carbocycles. The van der Waals surface area contributed by atoms with Crippen LogP contribution in [0.1, 0.15) is 36.6 Å². The molecule has 36 heavy (non-hydrogen) atoms. The minimum absolute atomic E-state index is 0.00141. The zero-order chi connectivity index (χ0) is 25.5. The van der Waals surface area contributed by atoms with Gasteiger partial charge in [0.2, 0.25) is 0 Å². The number of rotatable bonds is 12. The minimum Gasteiger partial charge on any atom is -0.382 e. The van der Waals surface area contributed by atoms with Gasteiger partial charge in [0.25, 0.3) is 0 Å². The topological polar surface area (TPSA) is 84.9 Å². The lowest BCUT2D eigenvalue weighted by Gasteiger charge is -2.34. The lowest BCUT2D eigenvalue weighted by atomic mass is 9.92. The Morgan fingerprint density at radius 3 is 2.69 bits per heavy atom. The van der Waals surface area contributed by atoms with Gasteiger partial charge in [-0.05, 0) is 30.7 Å². The first-order chi connectivity index (χ1) is 17.4. The molecule has 0 aliphatic rings. The third kappa shape index (κ3) is 6.59. The van der Waals surface area contributed by atoms with Crippen LogP contribution in [0, 0.1) is 11.6 Å². The molecule has 2 aromatic heterocycles. The molecule has 1 atom stereocenters. The maximum atomic E-state index is 14.9. The van der Waals surface area contributed by atoms with Crippen LogP contribution in [0.2, 0.25) is 0 Å². The summed E-state index contributed by atoms with van der Waals surface area (Å²) >= 11 is 3.56. The predicted molar refractivity (Wildman–Crippen MR) is 134 cm³/mol. The van der Waals surface area contributed by atoms with E-state index >= 15 is 0 Å². The first-order valence-electron chi connectivity index (χ1n) is 11.7. The lowest BCUT2D eigenvalue weighted by Crippen LogP contribution is -2.45. The molecule has 0 aliphatic carbocycles. The summed E-state index contributed by atoms with van der Waals surface area (Å²) in [6.07, 6.45) is 6.48. The number of unbranched alkanes of at least 4 members (excludes halogenated alkanes) is 1. The van der Waals surface area contributed by atoms with E-state index in [0.717, 1.165) is 40.7 Å². The molecule has 0 fully saturated rings. The molecule has 0 aliphatic heterocycles. The monoisotopic (exact) mass is 559 g/mol. The third-order valence-electron chi connectivity index (χ3n) is 5.90. The summed E-state index contributed by atoms with van der Waals surface area (Å²) in [4.78, 5) is 5.94. The third-order valence-corrected chi connectivity index (χ3v) is 6.67. The summed E-state index contributed by atoms with van der Waals surface area (Å²) in [5.74, 6) is -1.52. The van der Waals surface area contributed by atoms with Gasteiger partial charge in [-0.25, -0.2) is 23.1 Å². The molecule has 4 rings (SSSR count). The number of hydrogen-bond donors (Lipinski definition) is 1. The van der Waals surface area contributed by atoms with E-state index in [2.05, 4.69) is 43.2 Å². The zero-order valence-electron chi connectivity index (χ0n) is 19.9. The first kappa shape index (κ1) is 26.1. The Balaban J connectivity index is 1.57. The second-order valence-electron chi connectivity index (χ2n) is 8.81. The van der Waals surface area contributed by atoms with Crippen molar-refractivity contribution in [2.75, 3.05) is 13.1 Å². The van der Waals surface area contributed by atoms with Gasteiger partial charge >= 0.3 is 0 Å². The summed E-state index contributed by atoms with van der Waals surface area (Å²) in [5, 5.41) is 24.4. The molecule has 0 spiro atoms. The molecule has 190 valence electrons. The summed E-state index contributed by atoms with van der Waals surface area (Å²) < 4.78 is 32.7. The summed E-state index contributed by atoms with van der Waals surface area (Å²) in [5.41, 5.74) is 0.106. The zero-order valence-corrected chi connectivity index (χ0v) is 21.5. The molecule has 0 amide bonds. The Morgan fingerprint density at radius 1 is 1.14 bits per heavy atom. The van der Waals surface area contributed by atoms with E-state index < -0.39 is 17.2 Å². The Kier molecular flexibility index (Phi) is 8.55. The average molecular weight is 560 g/mol. The highest BCUT2D eigenvalue weighted by molar-refractivity contribution is 9.10. The van der Waals surface area contributed by atoms with Crippen LogP contribution < -0.4 is 0 Å². The van der Waals surface area contributed by atoms with Gasteiger partial charge < -0.3 is 5.11 Å². The van der Waals surface area contributed by atoms with Gasteiger partial charge in [-0.2, -0.15) is 5.10 Å². The van der Waals surface area contributed by atoms with E-state index in [4.69, 9.17) is 0 Å². The Hall–Kier alpha value is -3.02. The van der Waals surface area contributed by atoms with Gasteiger partial charge in [-0.3, -0.25) is 4.90 Å². The maximum Gasteiger partial charge on any atom is 0.137 e. The van der Waals surface area contributed by atoms with Gasteiger partial charge in [-0.1, -0.05) is 58.8 Å². The second-order valence-corrected chi connectivity index (χ2v) is 9.67. The van der Waals surface area contributed by atoms with Crippen LogP contribution in [0.4, 0.5) is 8.78 Å². The van der Waals surface area contributed by atoms with E-state index in [1.165, 1.54) is 23.4 Å². The lowest BCUT2D eigenvalue weighted by molar-refractivity contribution is -0.0242. The van der Waals surface area contributed by atoms with E-state index in [0.29, 0.717) is 19.6 Å². The van der Waals surface area contributed by atoms with Gasteiger partial charge in [0.1, 0.15) is 29.9 Å². The van der Waals surface area contributed by atoms with Gasteiger partial charge in [0, 0.05) is 29.2 Å². The normalized spacial score (nSPS) is 13.3. The van der Waals surface area contributed by atoms with Crippen molar-refractivity contribution >= 4 is 15.9 Å². The van der Waals surface area contributed by atoms with Crippen molar-refractivity contribution in [1.82, 2.24) is 34.7 Å². The fraction of sp³-hybridized carbons (Fsp3) is 0.360. The minimum atomic E-state index is -1.69. The Morgan fingerprint density at radius 2 is 1.97 bits per heavy atom. The van der Waals surface area contributed by atoms with Gasteiger partial charge in [0.15, 0.2) is 0 Å². The maximum absolute atomic E-state index is 14.9. The smallest absolute Gasteiger partial charge is 0.137 e. The number of aliphatic hydroxyl groups is 1. The average Bonchev–Trinajstić information content (AvgIpc) is 3.51. The highest BCUT2D eigenvalue weighted by atomic mass is 79.9. The summed E-state index contributed by atoms with van der Waals surface area (Å²) in [7, 11) is 0. The molecule has 8 nitrogen and oxygen atoms in total. The Bertz CT molecular complexity index is 1270. The molecule has 2 heterocycles. The van der Waals surface area contributed by atoms with Crippen molar-refractivity contribution in [2.45, 2.75) is 45.0 Å². The molecule has 0 saturated carbocycles. The standard InChI is InChI=1S/C25H28BrF2N7O/c1-2-3-10-33(13-21-14-34(32-31-21)12-19-6-4-5-7-23(19)26)15-25(36,16-35-18-29-17-30-35)22-9-8-20(27)11-24(22)28/h4-9,11,14,17-18,36H,2-3,10,12-13,15-16H2,1H3. The van der Waals surface area contributed by atoms with Crippen LogP contribution in [0.3, 0.4) is 0 Å². The number of benzene rings is 2. The van der Waals surface area contributed by atoms with Crippen molar-refractivity contribution in [1.29, 1.82) is 0 Å². The summed E-state index contributed by atoms with van der Waals surface area (Å²) in [6.45, 7) is 3.71. The van der Waals surface area contributed by atoms with E-state index in [1.54, 1.807) is 4.68 Å². The van der Waals surface area contributed by atoms with Crippen molar-refractivity contribution in [3.05, 3.63) is 94.2 Å². The highest BCUT2D eigenvalue weighted by Crippen LogP contribution is 2.28. The quantitative estimate of drug-likeness (QED) is 0.280. The fourth-order valence-electron chi connectivity index (χ4n) is 4.15. The van der Waals surface area contributed by atoms with Crippen LogP contribution in [0.5, 0.6) is 0 Å². The van der Waals surface area contributed by atoms with Crippen molar-refractivity contribution in [3.63, 3.8) is 0 Å². The van der Waals surface area contributed by atoms with Crippen LogP contribution in [0.25, 0.3) is 0 Å². The first-order valence-corrected chi connectivity index (χ1v) is 12.5. The molecule has 0 bridgehead atoms. The van der Waals surface area contributed by atoms with E-state index in [9.17, 15) is 13.9 Å². The SMILES string of the molecule is CCCCN(Cc1cn(Cc2ccccc2Br)nn1)CC(O)(Cn1cncn1)c1ccc(F)cc1F. The molecule has 0 radical (unpaired) electrons. The number of aromatic nitrogens is 6. The van der Waals surface area contributed by atoms with Crippen molar-refractivity contribution < 1.29 is 13.9 Å². The second kappa shape index (κ2) is 11.8.